The number of anilines is 3. The molecule has 0 fully saturated rings. The molecule has 0 aromatic heterocycles. The molecule has 0 radical (unpaired) electrons. The monoisotopic (exact) mass is 687 g/mol. The number of rotatable bonds is 4. The van der Waals surface area contributed by atoms with E-state index in [-0.39, 0.29) is 5.41 Å². The van der Waals surface area contributed by atoms with Crippen molar-refractivity contribution in [2.75, 3.05) is 4.90 Å². The summed E-state index contributed by atoms with van der Waals surface area (Å²) >= 11 is 0. The minimum atomic E-state index is -0.131. The maximum Gasteiger partial charge on any atom is 0.0546 e. The molecule has 10 aromatic carbocycles. The highest BCUT2D eigenvalue weighted by Gasteiger charge is 2.36. The van der Waals surface area contributed by atoms with Crippen LogP contribution in [0.5, 0.6) is 0 Å². The molecule has 0 aliphatic heterocycles. The van der Waals surface area contributed by atoms with Gasteiger partial charge in [-0.25, -0.2) is 0 Å². The van der Waals surface area contributed by atoms with Crippen LogP contribution in [0.4, 0.5) is 17.1 Å². The molecule has 1 nitrogen and oxygen atoms in total. The van der Waals surface area contributed by atoms with Crippen LogP contribution in [0.2, 0.25) is 0 Å². The van der Waals surface area contributed by atoms with Gasteiger partial charge in [0, 0.05) is 22.4 Å². The topological polar surface area (TPSA) is 3.24 Å². The molecule has 0 amide bonds. The summed E-state index contributed by atoms with van der Waals surface area (Å²) in [6, 6.07) is 70.0. The Balaban J connectivity index is 1.29. The zero-order valence-electron chi connectivity index (χ0n) is 30.3. The van der Waals surface area contributed by atoms with Crippen molar-refractivity contribution in [3.63, 3.8) is 0 Å². The number of hydrogen-bond acceptors (Lipinski definition) is 1. The summed E-state index contributed by atoms with van der Waals surface area (Å²) in [6.45, 7) is 4.74. The molecule has 0 atom stereocenters. The van der Waals surface area contributed by atoms with Crippen molar-refractivity contribution in [1.29, 1.82) is 0 Å². The lowest BCUT2D eigenvalue weighted by Gasteiger charge is -2.31. The summed E-state index contributed by atoms with van der Waals surface area (Å²) in [5.74, 6) is 0. The fourth-order valence-corrected chi connectivity index (χ4v) is 9.38. The normalized spacial score (nSPS) is 13.1. The third kappa shape index (κ3) is 4.52. The molecule has 1 aliphatic rings. The molecule has 0 unspecified atom stereocenters. The molecule has 54 heavy (non-hydrogen) atoms. The SMILES string of the molecule is CC1(C)c2ccccc2-c2ccc(N(c3ccc4ccccc4c3)c3cc4c5ccccc5c5ccccc5c4cc3-c3cccc4ccccc34)cc21. The fourth-order valence-electron chi connectivity index (χ4n) is 9.38. The highest BCUT2D eigenvalue weighted by Crippen LogP contribution is 2.52. The van der Waals surface area contributed by atoms with Crippen LogP contribution in [0.25, 0.3) is 76.1 Å². The minimum absolute atomic E-state index is 0.131. The Kier molecular flexibility index (Phi) is 6.66. The molecule has 1 heteroatoms. The highest BCUT2D eigenvalue weighted by atomic mass is 15.1. The summed E-state index contributed by atoms with van der Waals surface area (Å²) in [4.78, 5) is 2.52. The van der Waals surface area contributed by atoms with E-state index in [1.807, 2.05) is 0 Å². The van der Waals surface area contributed by atoms with Crippen molar-refractivity contribution in [3.05, 3.63) is 199 Å². The van der Waals surface area contributed by atoms with Crippen LogP contribution in [0.15, 0.2) is 188 Å². The lowest BCUT2D eigenvalue weighted by molar-refractivity contribution is 0.660. The summed E-state index contributed by atoms with van der Waals surface area (Å²) in [7, 11) is 0. The molecular formula is C53H37N. The van der Waals surface area contributed by atoms with Gasteiger partial charge in [-0.2, -0.15) is 0 Å². The Morgan fingerprint density at radius 1 is 0.315 bits per heavy atom. The molecule has 254 valence electrons. The van der Waals surface area contributed by atoms with E-state index in [2.05, 4.69) is 207 Å². The van der Waals surface area contributed by atoms with Gasteiger partial charge in [0.05, 0.1) is 5.69 Å². The van der Waals surface area contributed by atoms with Gasteiger partial charge in [0.2, 0.25) is 0 Å². The first kappa shape index (κ1) is 30.9. The molecular weight excluding hydrogens is 651 g/mol. The van der Waals surface area contributed by atoms with Crippen LogP contribution in [0.3, 0.4) is 0 Å². The van der Waals surface area contributed by atoms with Crippen molar-refractivity contribution in [2.24, 2.45) is 0 Å². The second kappa shape index (κ2) is 11.7. The van der Waals surface area contributed by atoms with Gasteiger partial charge in [-0.05, 0) is 118 Å². The van der Waals surface area contributed by atoms with E-state index >= 15 is 0 Å². The second-order valence-electron chi connectivity index (χ2n) is 15.3. The molecule has 0 N–H and O–H groups in total. The lowest BCUT2D eigenvalue weighted by atomic mass is 9.82. The summed E-state index contributed by atoms with van der Waals surface area (Å²) < 4.78 is 0. The van der Waals surface area contributed by atoms with Gasteiger partial charge in [-0.3, -0.25) is 0 Å². The Labute approximate surface area is 315 Å². The molecule has 0 saturated heterocycles. The summed E-state index contributed by atoms with van der Waals surface area (Å²) in [5.41, 5.74) is 11.1. The molecule has 10 aromatic rings. The predicted molar refractivity (Wildman–Crippen MR) is 232 cm³/mol. The van der Waals surface area contributed by atoms with Gasteiger partial charge >= 0.3 is 0 Å². The molecule has 11 rings (SSSR count). The molecule has 0 heterocycles. The zero-order chi connectivity index (χ0) is 36.0. The quantitative estimate of drug-likeness (QED) is 0.167. The van der Waals surface area contributed by atoms with Gasteiger partial charge in [-0.1, -0.05) is 166 Å². The highest BCUT2D eigenvalue weighted by molar-refractivity contribution is 6.27. The van der Waals surface area contributed by atoms with Crippen LogP contribution in [0, 0.1) is 0 Å². The Bertz CT molecular complexity index is 3140. The van der Waals surface area contributed by atoms with E-state index in [1.54, 1.807) is 0 Å². The predicted octanol–water partition coefficient (Wildman–Crippen LogP) is 14.9. The van der Waals surface area contributed by atoms with Gasteiger partial charge in [0.25, 0.3) is 0 Å². The van der Waals surface area contributed by atoms with Gasteiger partial charge in [0.15, 0.2) is 0 Å². The van der Waals surface area contributed by atoms with E-state index in [9.17, 15) is 0 Å². The standard InChI is InChI=1S/C53H37N/c1-53(2)50-25-12-11-23-45(50)46-29-28-38(31-51(46)53)54(37-27-26-34-14-3-4-16-36(34)30-37)52-33-48-44-22-10-8-20-42(44)41-19-7-9-21-43(41)47(48)32-49(52)40-24-13-17-35-15-5-6-18-39(35)40/h3-33H,1-2H3. The fraction of sp³-hybridized carbons (Fsp3) is 0.0566. The van der Waals surface area contributed by atoms with Gasteiger partial charge < -0.3 is 4.90 Å². The largest absolute Gasteiger partial charge is 0.310 e. The lowest BCUT2D eigenvalue weighted by Crippen LogP contribution is -2.17. The van der Waals surface area contributed by atoms with E-state index in [0.29, 0.717) is 0 Å². The number of fused-ring (bicyclic) bond motifs is 11. The van der Waals surface area contributed by atoms with Crippen LogP contribution < -0.4 is 4.90 Å². The Morgan fingerprint density at radius 3 is 1.59 bits per heavy atom. The zero-order valence-corrected chi connectivity index (χ0v) is 30.3. The Morgan fingerprint density at radius 2 is 0.833 bits per heavy atom. The second-order valence-corrected chi connectivity index (χ2v) is 15.3. The first-order chi connectivity index (χ1) is 26.5. The van der Waals surface area contributed by atoms with E-state index in [4.69, 9.17) is 0 Å². The van der Waals surface area contributed by atoms with E-state index in [0.717, 1.165) is 17.1 Å². The van der Waals surface area contributed by atoms with Crippen LogP contribution >= 0.6 is 0 Å². The molecule has 0 spiro atoms. The summed E-state index contributed by atoms with van der Waals surface area (Å²) in [5, 5.41) is 12.5. The summed E-state index contributed by atoms with van der Waals surface area (Å²) in [6.07, 6.45) is 0. The average Bonchev–Trinajstić information content (AvgIpc) is 3.46. The van der Waals surface area contributed by atoms with E-state index in [1.165, 1.54) is 87.2 Å². The first-order valence-corrected chi connectivity index (χ1v) is 18.9. The third-order valence-corrected chi connectivity index (χ3v) is 12.0. The van der Waals surface area contributed by atoms with Gasteiger partial charge in [0.1, 0.15) is 0 Å². The molecule has 0 saturated carbocycles. The first-order valence-electron chi connectivity index (χ1n) is 18.9. The van der Waals surface area contributed by atoms with Gasteiger partial charge in [-0.15, -0.1) is 0 Å². The maximum atomic E-state index is 2.52. The minimum Gasteiger partial charge on any atom is -0.310 e. The number of hydrogen-bond donors (Lipinski definition) is 0. The van der Waals surface area contributed by atoms with Crippen molar-refractivity contribution < 1.29 is 0 Å². The molecule has 0 bridgehead atoms. The van der Waals surface area contributed by atoms with Crippen LogP contribution in [-0.2, 0) is 5.41 Å². The Hall–Kier alpha value is -6.70. The van der Waals surface area contributed by atoms with Crippen molar-refractivity contribution in [2.45, 2.75) is 19.3 Å². The van der Waals surface area contributed by atoms with E-state index < -0.39 is 0 Å². The molecule has 1 aliphatic carbocycles. The number of nitrogens with zero attached hydrogens (tertiary/aromatic N) is 1. The third-order valence-electron chi connectivity index (χ3n) is 12.0. The maximum absolute atomic E-state index is 2.52. The smallest absolute Gasteiger partial charge is 0.0546 e. The van der Waals surface area contributed by atoms with Crippen LogP contribution in [-0.4, -0.2) is 0 Å². The van der Waals surface area contributed by atoms with Crippen LogP contribution in [0.1, 0.15) is 25.0 Å². The van der Waals surface area contributed by atoms with Crippen molar-refractivity contribution >= 4 is 70.9 Å². The van der Waals surface area contributed by atoms with Crippen molar-refractivity contribution in [1.82, 2.24) is 0 Å². The van der Waals surface area contributed by atoms with Crippen molar-refractivity contribution in [3.8, 4) is 22.3 Å². The average molecular weight is 688 g/mol. The number of benzene rings is 10.